The van der Waals surface area contributed by atoms with Crippen LogP contribution in [0.1, 0.15) is 12.5 Å². The average molecular weight is 432 g/mol. The van der Waals surface area contributed by atoms with Gasteiger partial charge in [0.05, 0.1) is 5.69 Å². The molecule has 1 unspecified atom stereocenters. The zero-order chi connectivity index (χ0) is 21.7. The number of anilines is 1. The van der Waals surface area contributed by atoms with Gasteiger partial charge in [-0.1, -0.05) is 12.1 Å². The van der Waals surface area contributed by atoms with E-state index in [4.69, 9.17) is 4.74 Å². The lowest BCUT2D eigenvalue weighted by Crippen LogP contribution is -2.29. The Kier molecular flexibility index (Phi) is 6.63. The van der Waals surface area contributed by atoms with E-state index >= 15 is 0 Å². The highest BCUT2D eigenvalue weighted by atomic mass is 32.1. The molecule has 1 atom stereocenters. The second-order valence-corrected chi connectivity index (χ2v) is 6.98. The maximum Gasteiger partial charge on any atom is 0.331 e. The van der Waals surface area contributed by atoms with Gasteiger partial charge >= 0.3 is 5.97 Å². The van der Waals surface area contributed by atoms with Crippen LogP contribution in [0.4, 0.5) is 18.3 Å². The van der Waals surface area contributed by atoms with Gasteiger partial charge in [0.2, 0.25) is 0 Å². The van der Waals surface area contributed by atoms with Crippen molar-refractivity contribution >= 4 is 34.4 Å². The summed E-state index contributed by atoms with van der Waals surface area (Å²) in [6.07, 6.45) is 1.45. The summed E-state index contributed by atoms with van der Waals surface area (Å²) in [6, 6.07) is 8.85. The van der Waals surface area contributed by atoms with E-state index in [9.17, 15) is 22.8 Å². The van der Waals surface area contributed by atoms with Crippen LogP contribution in [0.5, 0.6) is 0 Å². The van der Waals surface area contributed by atoms with Gasteiger partial charge in [0.15, 0.2) is 22.9 Å². The van der Waals surface area contributed by atoms with Gasteiger partial charge in [0, 0.05) is 17.0 Å². The minimum atomic E-state index is -1.11. The molecule has 0 bridgehead atoms. The summed E-state index contributed by atoms with van der Waals surface area (Å²) in [7, 11) is 0. The highest BCUT2D eigenvalue weighted by Gasteiger charge is 2.18. The predicted octanol–water partition coefficient (Wildman–Crippen LogP) is 4.81. The summed E-state index contributed by atoms with van der Waals surface area (Å²) in [5.74, 6) is -3.71. The van der Waals surface area contributed by atoms with Gasteiger partial charge in [-0.05, 0) is 48.9 Å². The molecule has 30 heavy (non-hydrogen) atoms. The van der Waals surface area contributed by atoms with Crippen molar-refractivity contribution in [1.82, 2.24) is 4.98 Å². The quantitative estimate of drug-likeness (QED) is 0.448. The van der Waals surface area contributed by atoms with E-state index in [-0.39, 0.29) is 5.13 Å². The molecule has 2 aromatic carbocycles. The van der Waals surface area contributed by atoms with Crippen LogP contribution in [0.3, 0.4) is 0 Å². The lowest BCUT2D eigenvalue weighted by Gasteiger charge is -2.10. The second kappa shape index (κ2) is 9.36. The molecule has 1 aromatic heterocycles. The first-order valence-electron chi connectivity index (χ1n) is 8.68. The third-order valence-electron chi connectivity index (χ3n) is 3.89. The number of esters is 1. The van der Waals surface area contributed by atoms with E-state index in [1.165, 1.54) is 43.3 Å². The van der Waals surface area contributed by atoms with E-state index in [2.05, 4.69) is 10.3 Å². The summed E-state index contributed by atoms with van der Waals surface area (Å²) in [5.41, 5.74) is 1.31. The van der Waals surface area contributed by atoms with Crippen LogP contribution in [-0.4, -0.2) is 23.0 Å². The molecule has 0 saturated carbocycles. The fourth-order valence-corrected chi connectivity index (χ4v) is 3.05. The predicted molar refractivity (Wildman–Crippen MR) is 107 cm³/mol. The molecular formula is C21H15F3N2O3S. The number of benzene rings is 2. The lowest BCUT2D eigenvalue weighted by molar-refractivity contribution is -0.148. The molecule has 0 fully saturated rings. The smallest absolute Gasteiger partial charge is 0.331 e. The van der Waals surface area contributed by atoms with Gasteiger partial charge < -0.3 is 4.74 Å². The van der Waals surface area contributed by atoms with Crippen molar-refractivity contribution < 1.29 is 27.5 Å². The number of carbonyl (C=O) groups excluding carboxylic acids is 2. The Morgan fingerprint density at radius 3 is 2.53 bits per heavy atom. The van der Waals surface area contributed by atoms with Crippen molar-refractivity contribution in [2.75, 3.05) is 5.32 Å². The fraction of sp³-hybridized carbons (Fsp3) is 0.0952. The highest BCUT2D eigenvalue weighted by Crippen LogP contribution is 2.26. The first kappa shape index (κ1) is 21.3. The molecule has 1 amide bonds. The van der Waals surface area contributed by atoms with Crippen molar-refractivity contribution in [2.24, 2.45) is 0 Å². The molecule has 0 saturated heterocycles. The lowest BCUT2D eigenvalue weighted by atomic mass is 10.2. The topological polar surface area (TPSA) is 68.3 Å². The largest absolute Gasteiger partial charge is 0.449 e. The van der Waals surface area contributed by atoms with Gasteiger partial charge in [-0.2, -0.15) is 0 Å². The van der Waals surface area contributed by atoms with Crippen LogP contribution in [0.2, 0.25) is 0 Å². The maximum absolute atomic E-state index is 13.4. The Hall–Kier alpha value is -3.46. The monoisotopic (exact) mass is 432 g/mol. The van der Waals surface area contributed by atoms with Gasteiger partial charge in [0.25, 0.3) is 5.91 Å². The normalized spacial score (nSPS) is 12.0. The number of hydrogen-bond donors (Lipinski definition) is 1. The number of thiazole rings is 1. The Morgan fingerprint density at radius 1 is 1.10 bits per heavy atom. The molecule has 1 N–H and O–H groups in total. The zero-order valence-electron chi connectivity index (χ0n) is 15.6. The van der Waals surface area contributed by atoms with Crippen LogP contribution in [0, 0.1) is 17.5 Å². The Morgan fingerprint density at radius 2 is 1.83 bits per heavy atom. The number of amides is 1. The number of ether oxygens (including phenoxy) is 1. The first-order chi connectivity index (χ1) is 14.3. The molecule has 1 heterocycles. The Balaban J connectivity index is 1.56. The van der Waals surface area contributed by atoms with E-state index < -0.39 is 35.4 Å². The second-order valence-electron chi connectivity index (χ2n) is 6.12. The third kappa shape index (κ3) is 5.54. The molecule has 0 aliphatic rings. The van der Waals surface area contributed by atoms with Crippen molar-refractivity contribution in [1.29, 1.82) is 0 Å². The SMILES string of the molecule is CC(OC(=O)C=Cc1ccc(F)cc1)C(=O)Nc1nc(-c2ccc(F)c(F)c2)cs1. The third-order valence-corrected chi connectivity index (χ3v) is 4.65. The van der Waals surface area contributed by atoms with Gasteiger partial charge in [-0.3, -0.25) is 10.1 Å². The van der Waals surface area contributed by atoms with Crippen LogP contribution in [0.15, 0.2) is 53.9 Å². The number of halogens is 3. The molecule has 0 spiro atoms. The van der Waals surface area contributed by atoms with Crippen LogP contribution in [0.25, 0.3) is 17.3 Å². The fourth-order valence-electron chi connectivity index (χ4n) is 2.33. The number of carbonyl (C=O) groups is 2. The van der Waals surface area contributed by atoms with Gasteiger partial charge in [-0.15, -0.1) is 11.3 Å². The van der Waals surface area contributed by atoms with Crippen molar-refractivity contribution in [3.8, 4) is 11.3 Å². The Labute approximate surface area is 173 Å². The number of rotatable bonds is 6. The summed E-state index contributed by atoms with van der Waals surface area (Å²) in [6.45, 7) is 1.39. The van der Waals surface area contributed by atoms with Crippen LogP contribution < -0.4 is 5.32 Å². The van der Waals surface area contributed by atoms with E-state index in [0.717, 1.165) is 29.5 Å². The molecule has 3 rings (SSSR count). The standard InChI is InChI=1S/C21H15F3N2O3S/c1-12(29-19(27)9-4-13-2-6-15(22)7-3-13)20(28)26-21-25-18(11-30-21)14-5-8-16(23)17(24)10-14/h2-12H,1H3,(H,25,26,28). The molecular weight excluding hydrogens is 417 g/mol. The number of hydrogen-bond acceptors (Lipinski definition) is 5. The Bertz CT molecular complexity index is 1100. The van der Waals surface area contributed by atoms with E-state index in [1.54, 1.807) is 5.38 Å². The number of aromatic nitrogens is 1. The molecule has 0 radical (unpaired) electrons. The molecule has 5 nitrogen and oxygen atoms in total. The van der Waals surface area contributed by atoms with E-state index in [1.807, 2.05) is 0 Å². The average Bonchev–Trinajstić information content (AvgIpc) is 3.18. The van der Waals surface area contributed by atoms with Gasteiger partial charge in [0.1, 0.15) is 5.82 Å². The molecule has 0 aliphatic carbocycles. The minimum Gasteiger partial charge on any atom is -0.449 e. The molecule has 154 valence electrons. The van der Waals surface area contributed by atoms with Crippen molar-refractivity contribution in [3.63, 3.8) is 0 Å². The van der Waals surface area contributed by atoms with Gasteiger partial charge in [-0.25, -0.2) is 22.9 Å². The first-order valence-corrected chi connectivity index (χ1v) is 9.56. The summed E-state index contributed by atoms with van der Waals surface area (Å²) in [4.78, 5) is 28.2. The van der Waals surface area contributed by atoms with Crippen molar-refractivity contribution in [3.05, 3.63) is 76.9 Å². The van der Waals surface area contributed by atoms with Crippen molar-refractivity contribution in [2.45, 2.75) is 13.0 Å². The minimum absolute atomic E-state index is 0.212. The molecule has 9 heteroatoms. The summed E-state index contributed by atoms with van der Waals surface area (Å²) in [5, 5.41) is 4.29. The molecule has 0 aliphatic heterocycles. The zero-order valence-corrected chi connectivity index (χ0v) is 16.4. The van der Waals surface area contributed by atoms with Crippen LogP contribution in [-0.2, 0) is 14.3 Å². The highest BCUT2D eigenvalue weighted by molar-refractivity contribution is 7.14. The molecule has 3 aromatic rings. The maximum atomic E-state index is 13.4. The summed E-state index contributed by atoms with van der Waals surface area (Å²) < 4.78 is 44.3. The number of nitrogens with zero attached hydrogens (tertiary/aromatic N) is 1. The van der Waals surface area contributed by atoms with E-state index in [0.29, 0.717) is 16.8 Å². The van der Waals surface area contributed by atoms with Crippen LogP contribution >= 0.6 is 11.3 Å². The number of nitrogens with one attached hydrogen (secondary N) is 1. The summed E-state index contributed by atoms with van der Waals surface area (Å²) >= 11 is 1.08.